The van der Waals surface area contributed by atoms with Crippen molar-refractivity contribution in [2.75, 3.05) is 7.11 Å². The van der Waals surface area contributed by atoms with Crippen LogP contribution in [-0.4, -0.2) is 38.6 Å². The summed E-state index contributed by atoms with van der Waals surface area (Å²) < 4.78 is 7.15. The Kier molecular flexibility index (Phi) is 3.79. The van der Waals surface area contributed by atoms with Gasteiger partial charge in [-0.3, -0.25) is 9.36 Å². The monoisotopic (exact) mass is 281 g/mol. The molecule has 0 bridgehead atoms. The smallest absolute Gasteiger partial charge is 0.242 e. The molecule has 102 valence electrons. The van der Waals surface area contributed by atoms with Gasteiger partial charge in [0.2, 0.25) is 11.8 Å². The molecule has 0 aliphatic rings. The highest BCUT2D eigenvalue weighted by Crippen LogP contribution is 2.19. The van der Waals surface area contributed by atoms with Crippen LogP contribution in [0.5, 0.6) is 5.88 Å². The first kappa shape index (κ1) is 13.5. The molecule has 0 aromatic carbocycles. The Bertz CT molecular complexity index is 661. The van der Waals surface area contributed by atoms with Gasteiger partial charge in [0.25, 0.3) is 0 Å². The van der Waals surface area contributed by atoms with Crippen molar-refractivity contribution in [2.24, 2.45) is 0 Å². The van der Waals surface area contributed by atoms with E-state index in [1.165, 1.54) is 13.4 Å². The van der Waals surface area contributed by atoms with Gasteiger partial charge in [0.15, 0.2) is 10.4 Å². The molecule has 0 unspecified atom stereocenters. The number of hydrogen-bond acceptors (Lipinski definition) is 5. The predicted octanol–water partition coefficient (Wildman–Crippen LogP) is 1.02. The van der Waals surface area contributed by atoms with Gasteiger partial charge in [-0.15, -0.1) is 0 Å². The maximum Gasteiger partial charge on any atom is 0.242 e. The molecule has 8 heteroatoms. The van der Waals surface area contributed by atoms with Gasteiger partial charge in [-0.25, -0.2) is 4.98 Å². The number of imidazole rings is 1. The molecule has 0 saturated carbocycles. The fourth-order valence-corrected chi connectivity index (χ4v) is 2.01. The molecule has 1 amide bonds. The highest BCUT2D eigenvalue weighted by Gasteiger charge is 2.14. The van der Waals surface area contributed by atoms with Gasteiger partial charge in [-0.1, -0.05) is 0 Å². The number of nitrogens with one attached hydrogen (secondary N) is 2. The third-order valence-electron chi connectivity index (χ3n) is 2.47. The van der Waals surface area contributed by atoms with E-state index < -0.39 is 0 Å². The van der Waals surface area contributed by atoms with Gasteiger partial charge in [-0.2, -0.15) is 4.98 Å². The molecule has 0 radical (unpaired) electrons. The lowest BCUT2D eigenvalue weighted by molar-refractivity contribution is -0.122. The fraction of sp³-hybridized carbons (Fsp3) is 0.455. The first-order chi connectivity index (χ1) is 9.02. The molecule has 0 fully saturated rings. The van der Waals surface area contributed by atoms with Crippen LogP contribution in [0, 0.1) is 4.77 Å². The molecule has 0 aliphatic carbocycles. The maximum atomic E-state index is 11.8. The van der Waals surface area contributed by atoms with Crippen LogP contribution in [-0.2, 0) is 11.3 Å². The Hall–Kier alpha value is -1.96. The molecule has 2 aromatic heterocycles. The van der Waals surface area contributed by atoms with Crippen molar-refractivity contribution in [1.29, 1.82) is 0 Å². The summed E-state index contributed by atoms with van der Waals surface area (Å²) in [4.78, 5) is 22.9. The number of methoxy groups -OCH3 is 1. The standard InChI is InChI=1S/C11H15N5O2S/c1-6(2)14-7(17)4-16-9-8(15-11(16)19)10(18-3)13-5-12-9/h5-6H,4H2,1-3H3,(H,14,17)(H,15,19). The quantitative estimate of drug-likeness (QED) is 0.817. The zero-order valence-corrected chi connectivity index (χ0v) is 11.7. The van der Waals surface area contributed by atoms with Gasteiger partial charge in [0.1, 0.15) is 18.4 Å². The third kappa shape index (κ3) is 2.73. The van der Waals surface area contributed by atoms with E-state index in [0.717, 1.165) is 0 Å². The van der Waals surface area contributed by atoms with Crippen molar-refractivity contribution >= 4 is 29.3 Å². The third-order valence-corrected chi connectivity index (χ3v) is 2.79. The van der Waals surface area contributed by atoms with Crippen LogP contribution < -0.4 is 10.1 Å². The van der Waals surface area contributed by atoms with Crippen LogP contribution in [0.15, 0.2) is 6.33 Å². The van der Waals surface area contributed by atoms with Crippen molar-refractivity contribution in [3.63, 3.8) is 0 Å². The summed E-state index contributed by atoms with van der Waals surface area (Å²) in [6.45, 7) is 3.91. The Morgan fingerprint density at radius 3 is 2.95 bits per heavy atom. The van der Waals surface area contributed by atoms with E-state index in [9.17, 15) is 4.79 Å². The van der Waals surface area contributed by atoms with Gasteiger partial charge >= 0.3 is 0 Å². The molecule has 7 nitrogen and oxygen atoms in total. The van der Waals surface area contributed by atoms with Gasteiger partial charge in [0, 0.05) is 6.04 Å². The molecule has 2 aromatic rings. The second-order valence-corrected chi connectivity index (χ2v) is 4.71. The van der Waals surface area contributed by atoms with E-state index in [1.807, 2.05) is 13.8 Å². The van der Waals surface area contributed by atoms with E-state index in [-0.39, 0.29) is 18.5 Å². The van der Waals surface area contributed by atoms with Crippen LogP contribution in [0.2, 0.25) is 0 Å². The zero-order valence-electron chi connectivity index (χ0n) is 10.9. The molecule has 0 aliphatic heterocycles. The Morgan fingerprint density at radius 1 is 1.58 bits per heavy atom. The van der Waals surface area contributed by atoms with Gasteiger partial charge < -0.3 is 15.0 Å². The number of carbonyl (C=O) groups excluding carboxylic acids is 1. The van der Waals surface area contributed by atoms with Crippen LogP contribution in [0.4, 0.5) is 0 Å². The minimum atomic E-state index is -0.121. The SMILES string of the molecule is COc1ncnc2c1[nH]c(=S)n2CC(=O)NC(C)C. The topological polar surface area (TPSA) is 84.8 Å². The minimum absolute atomic E-state index is 0.0797. The second kappa shape index (κ2) is 5.35. The zero-order chi connectivity index (χ0) is 14.0. The van der Waals surface area contributed by atoms with E-state index in [2.05, 4.69) is 20.3 Å². The molecular formula is C11H15N5O2S. The lowest BCUT2D eigenvalue weighted by atomic mass is 10.4. The van der Waals surface area contributed by atoms with Crippen molar-refractivity contribution in [1.82, 2.24) is 24.8 Å². The predicted molar refractivity (Wildman–Crippen MR) is 72.5 cm³/mol. The van der Waals surface area contributed by atoms with Crippen molar-refractivity contribution in [2.45, 2.75) is 26.4 Å². The summed E-state index contributed by atoms with van der Waals surface area (Å²) >= 11 is 5.20. The number of nitrogens with zero attached hydrogens (tertiary/aromatic N) is 3. The number of aromatic nitrogens is 4. The summed E-state index contributed by atoms with van der Waals surface area (Å²) in [6, 6.07) is 0.0797. The first-order valence-electron chi connectivity index (χ1n) is 5.79. The van der Waals surface area contributed by atoms with E-state index in [0.29, 0.717) is 21.8 Å². The van der Waals surface area contributed by atoms with Gasteiger partial charge in [0.05, 0.1) is 7.11 Å². The molecule has 2 heterocycles. The van der Waals surface area contributed by atoms with Crippen LogP contribution in [0.1, 0.15) is 13.8 Å². The summed E-state index contributed by atoms with van der Waals surface area (Å²) in [5.74, 6) is 0.281. The normalized spacial score (nSPS) is 10.9. The fourth-order valence-electron chi connectivity index (χ4n) is 1.76. The van der Waals surface area contributed by atoms with Crippen LogP contribution >= 0.6 is 12.2 Å². The summed E-state index contributed by atoms with van der Waals surface area (Å²) in [5.41, 5.74) is 1.14. The number of rotatable bonds is 4. The lowest BCUT2D eigenvalue weighted by Gasteiger charge is -2.09. The minimum Gasteiger partial charge on any atom is -0.479 e. The number of amides is 1. The van der Waals surface area contributed by atoms with Crippen molar-refractivity contribution in [3.8, 4) is 5.88 Å². The molecule has 0 saturated heterocycles. The van der Waals surface area contributed by atoms with Crippen molar-refractivity contribution < 1.29 is 9.53 Å². The summed E-state index contributed by atoms with van der Waals surface area (Å²) in [7, 11) is 1.52. The summed E-state index contributed by atoms with van der Waals surface area (Å²) in [5, 5.41) is 2.81. The number of aromatic amines is 1. The average Bonchev–Trinajstić information content (AvgIpc) is 2.65. The van der Waals surface area contributed by atoms with Gasteiger partial charge in [-0.05, 0) is 26.1 Å². The van der Waals surface area contributed by atoms with E-state index >= 15 is 0 Å². The molecular weight excluding hydrogens is 266 g/mol. The highest BCUT2D eigenvalue weighted by atomic mass is 32.1. The average molecular weight is 281 g/mol. The second-order valence-electron chi connectivity index (χ2n) is 4.32. The Balaban J connectivity index is 2.41. The first-order valence-corrected chi connectivity index (χ1v) is 6.20. The highest BCUT2D eigenvalue weighted by molar-refractivity contribution is 7.71. The van der Waals surface area contributed by atoms with E-state index in [4.69, 9.17) is 17.0 Å². The molecule has 0 spiro atoms. The number of carbonyl (C=O) groups is 1. The molecule has 19 heavy (non-hydrogen) atoms. The Labute approximate surface area is 115 Å². The van der Waals surface area contributed by atoms with Crippen molar-refractivity contribution in [3.05, 3.63) is 11.1 Å². The van der Waals surface area contributed by atoms with Crippen LogP contribution in [0.3, 0.4) is 0 Å². The largest absolute Gasteiger partial charge is 0.479 e. The maximum absolute atomic E-state index is 11.8. The molecule has 0 atom stereocenters. The molecule has 2 rings (SSSR count). The molecule has 2 N–H and O–H groups in total. The number of ether oxygens (including phenoxy) is 1. The van der Waals surface area contributed by atoms with E-state index in [1.54, 1.807) is 4.57 Å². The number of hydrogen-bond donors (Lipinski definition) is 2. The number of H-pyrrole nitrogens is 1. The number of fused-ring (bicyclic) bond motifs is 1. The Morgan fingerprint density at radius 2 is 2.32 bits per heavy atom. The lowest BCUT2D eigenvalue weighted by Crippen LogP contribution is -2.33. The summed E-state index contributed by atoms with van der Waals surface area (Å²) in [6.07, 6.45) is 1.38. The van der Waals surface area contributed by atoms with Crippen LogP contribution in [0.25, 0.3) is 11.2 Å².